The van der Waals surface area contributed by atoms with Crippen LogP contribution >= 0.6 is 11.6 Å². The van der Waals surface area contributed by atoms with Crippen LogP contribution in [0, 0.1) is 0 Å². The van der Waals surface area contributed by atoms with Crippen LogP contribution in [0.4, 0.5) is 5.69 Å². The maximum absolute atomic E-state index is 12.5. The van der Waals surface area contributed by atoms with Gasteiger partial charge in [-0.3, -0.25) is 9.48 Å². The summed E-state index contributed by atoms with van der Waals surface area (Å²) in [5, 5.41) is 7.50. The lowest BCUT2D eigenvalue weighted by Gasteiger charge is -2.14. The molecular weight excluding hydrogens is 366 g/mol. The van der Waals surface area contributed by atoms with Crippen LogP contribution in [0.25, 0.3) is 11.3 Å². The first-order valence-corrected chi connectivity index (χ1v) is 8.78. The first-order valence-electron chi connectivity index (χ1n) is 8.40. The second-order valence-electron chi connectivity index (χ2n) is 5.83. The number of hydrogen-bond acceptors (Lipinski definition) is 4. The summed E-state index contributed by atoms with van der Waals surface area (Å²) in [5.74, 6) is 0.413. The molecule has 0 unspecified atom stereocenters. The Morgan fingerprint density at radius 1 is 1.19 bits per heavy atom. The van der Waals surface area contributed by atoms with Crippen molar-refractivity contribution in [3.8, 4) is 17.0 Å². The minimum absolute atomic E-state index is 0.274. The molecule has 1 aromatic heterocycles. The molecule has 0 saturated carbocycles. The maximum atomic E-state index is 12.5. The van der Waals surface area contributed by atoms with Crippen LogP contribution in [0.2, 0.25) is 5.02 Å². The minimum Gasteiger partial charge on any atom is -0.490 e. The highest BCUT2D eigenvalue weighted by Crippen LogP contribution is 2.32. The van der Waals surface area contributed by atoms with Crippen molar-refractivity contribution in [1.82, 2.24) is 9.78 Å². The normalized spacial score (nSPS) is 10.6. The largest absolute Gasteiger partial charge is 0.490 e. The molecule has 1 N–H and O–H groups in total. The average Bonchev–Trinajstić information content (AvgIpc) is 3.09. The fraction of sp³-hybridized carbons (Fsp3) is 0.200. The van der Waals surface area contributed by atoms with Gasteiger partial charge in [0.15, 0.2) is 0 Å². The van der Waals surface area contributed by atoms with E-state index in [2.05, 4.69) is 10.4 Å². The SMILES string of the molecule is COCCOc1ccc(NC(=O)c2ccccc2Cl)cc1-c1ccnn1C. The molecule has 3 rings (SSSR count). The molecule has 2 aromatic carbocycles. The van der Waals surface area contributed by atoms with Crippen LogP contribution in [0.3, 0.4) is 0 Å². The molecule has 140 valence electrons. The quantitative estimate of drug-likeness (QED) is 0.624. The van der Waals surface area contributed by atoms with Crippen molar-refractivity contribution in [3.05, 3.63) is 65.3 Å². The second kappa shape index (κ2) is 8.70. The number of benzene rings is 2. The summed E-state index contributed by atoms with van der Waals surface area (Å²) in [6.45, 7) is 0.905. The smallest absolute Gasteiger partial charge is 0.257 e. The molecular formula is C20H20ClN3O3. The van der Waals surface area contributed by atoms with Crippen molar-refractivity contribution in [2.75, 3.05) is 25.6 Å². The standard InChI is InChI=1S/C20H20ClN3O3/c1-24-18(9-10-22-24)16-13-14(7-8-19(16)27-12-11-26-2)23-20(25)15-5-3-4-6-17(15)21/h3-10,13H,11-12H2,1-2H3,(H,23,25). The Kier molecular flexibility index (Phi) is 6.11. The fourth-order valence-electron chi connectivity index (χ4n) is 2.65. The number of nitrogens with one attached hydrogen (secondary N) is 1. The van der Waals surface area contributed by atoms with Crippen LogP contribution in [-0.2, 0) is 11.8 Å². The Morgan fingerprint density at radius 3 is 2.70 bits per heavy atom. The molecule has 1 heterocycles. The van der Waals surface area contributed by atoms with E-state index < -0.39 is 0 Å². The van der Waals surface area contributed by atoms with E-state index in [4.69, 9.17) is 21.1 Å². The summed E-state index contributed by atoms with van der Waals surface area (Å²) < 4.78 is 12.6. The number of hydrogen-bond donors (Lipinski definition) is 1. The predicted molar refractivity (Wildman–Crippen MR) is 105 cm³/mol. The Hall–Kier alpha value is -2.83. The monoisotopic (exact) mass is 385 g/mol. The third-order valence-corrected chi connectivity index (χ3v) is 4.33. The van der Waals surface area contributed by atoms with E-state index in [1.54, 1.807) is 48.3 Å². The molecule has 27 heavy (non-hydrogen) atoms. The second-order valence-corrected chi connectivity index (χ2v) is 6.23. The minimum atomic E-state index is -0.274. The Balaban J connectivity index is 1.90. The highest BCUT2D eigenvalue weighted by molar-refractivity contribution is 6.34. The predicted octanol–water partition coefficient (Wildman–Crippen LogP) is 4.02. The van der Waals surface area contributed by atoms with Crippen molar-refractivity contribution in [1.29, 1.82) is 0 Å². The number of aryl methyl sites for hydroxylation is 1. The van der Waals surface area contributed by atoms with E-state index in [0.717, 1.165) is 11.3 Å². The third kappa shape index (κ3) is 4.48. The van der Waals surface area contributed by atoms with Crippen LogP contribution in [0.1, 0.15) is 10.4 Å². The number of carbonyl (C=O) groups excluding carboxylic acids is 1. The lowest BCUT2D eigenvalue weighted by Crippen LogP contribution is -2.13. The van der Waals surface area contributed by atoms with Crippen molar-refractivity contribution in [2.24, 2.45) is 7.05 Å². The first-order chi connectivity index (χ1) is 13.1. The van der Waals surface area contributed by atoms with Crippen molar-refractivity contribution >= 4 is 23.2 Å². The number of ether oxygens (including phenoxy) is 2. The van der Waals surface area contributed by atoms with Gasteiger partial charge in [-0.05, 0) is 36.4 Å². The van der Waals surface area contributed by atoms with Crippen molar-refractivity contribution < 1.29 is 14.3 Å². The molecule has 0 spiro atoms. The van der Waals surface area contributed by atoms with Gasteiger partial charge in [0.1, 0.15) is 12.4 Å². The van der Waals surface area contributed by atoms with E-state index in [9.17, 15) is 4.79 Å². The maximum Gasteiger partial charge on any atom is 0.257 e. The Labute approximate surface area is 162 Å². The lowest BCUT2D eigenvalue weighted by molar-refractivity contribution is 0.102. The molecule has 0 aliphatic rings. The number of methoxy groups -OCH3 is 1. The molecule has 7 heteroatoms. The van der Waals surface area contributed by atoms with E-state index in [1.165, 1.54) is 0 Å². The number of halogens is 1. The molecule has 3 aromatic rings. The highest BCUT2D eigenvalue weighted by atomic mass is 35.5. The zero-order valence-corrected chi connectivity index (χ0v) is 15.9. The van der Waals surface area contributed by atoms with Crippen molar-refractivity contribution in [2.45, 2.75) is 0 Å². The van der Waals surface area contributed by atoms with Gasteiger partial charge < -0.3 is 14.8 Å². The van der Waals surface area contributed by atoms with E-state index in [0.29, 0.717) is 35.2 Å². The van der Waals surface area contributed by atoms with Gasteiger partial charge in [0.25, 0.3) is 5.91 Å². The van der Waals surface area contributed by atoms with E-state index in [1.807, 2.05) is 25.2 Å². The van der Waals surface area contributed by atoms with E-state index in [-0.39, 0.29) is 5.91 Å². The molecule has 0 aliphatic carbocycles. The first kappa shape index (κ1) is 18.9. The molecule has 0 radical (unpaired) electrons. The van der Waals surface area contributed by atoms with Gasteiger partial charge in [0, 0.05) is 31.6 Å². The zero-order chi connectivity index (χ0) is 19.2. The number of amides is 1. The molecule has 0 saturated heterocycles. The fourth-order valence-corrected chi connectivity index (χ4v) is 2.87. The van der Waals surface area contributed by atoms with Crippen molar-refractivity contribution in [3.63, 3.8) is 0 Å². The Bertz CT molecular complexity index is 940. The van der Waals surface area contributed by atoms with Gasteiger partial charge in [-0.1, -0.05) is 23.7 Å². The zero-order valence-electron chi connectivity index (χ0n) is 15.1. The number of rotatable bonds is 7. The number of carbonyl (C=O) groups is 1. The number of anilines is 1. The number of nitrogens with zero attached hydrogens (tertiary/aromatic N) is 2. The topological polar surface area (TPSA) is 65.4 Å². The summed E-state index contributed by atoms with van der Waals surface area (Å²) in [4.78, 5) is 12.5. The molecule has 0 atom stereocenters. The Morgan fingerprint density at radius 2 is 2.00 bits per heavy atom. The van der Waals surface area contributed by atoms with Gasteiger partial charge >= 0.3 is 0 Å². The highest BCUT2D eigenvalue weighted by Gasteiger charge is 2.14. The number of aromatic nitrogens is 2. The van der Waals surface area contributed by atoms with Crippen LogP contribution in [0.5, 0.6) is 5.75 Å². The molecule has 0 aliphatic heterocycles. The summed E-state index contributed by atoms with van der Waals surface area (Å²) in [5.41, 5.74) is 2.75. The molecule has 6 nitrogen and oxygen atoms in total. The summed E-state index contributed by atoms with van der Waals surface area (Å²) >= 11 is 6.11. The molecule has 1 amide bonds. The lowest BCUT2D eigenvalue weighted by atomic mass is 10.1. The van der Waals surface area contributed by atoms with Gasteiger partial charge in [0.05, 0.1) is 22.9 Å². The summed E-state index contributed by atoms with van der Waals surface area (Å²) in [7, 11) is 3.47. The summed E-state index contributed by atoms with van der Waals surface area (Å²) in [6, 6.07) is 14.3. The summed E-state index contributed by atoms with van der Waals surface area (Å²) in [6.07, 6.45) is 1.71. The van der Waals surface area contributed by atoms with Gasteiger partial charge in [-0.2, -0.15) is 5.10 Å². The van der Waals surface area contributed by atoms with Gasteiger partial charge in [-0.25, -0.2) is 0 Å². The van der Waals surface area contributed by atoms with E-state index >= 15 is 0 Å². The van der Waals surface area contributed by atoms with Crippen LogP contribution < -0.4 is 10.1 Å². The molecule has 0 bridgehead atoms. The van der Waals surface area contributed by atoms with Gasteiger partial charge in [0.2, 0.25) is 0 Å². The van der Waals surface area contributed by atoms with Crippen LogP contribution in [-0.4, -0.2) is 36.0 Å². The average molecular weight is 386 g/mol. The van der Waals surface area contributed by atoms with Crippen LogP contribution in [0.15, 0.2) is 54.7 Å². The third-order valence-electron chi connectivity index (χ3n) is 4.00. The molecule has 0 fully saturated rings. The van der Waals surface area contributed by atoms with Gasteiger partial charge in [-0.15, -0.1) is 0 Å².